The lowest BCUT2D eigenvalue weighted by Crippen LogP contribution is -2.50. The molecule has 2 spiro atoms. The first kappa shape index (κ1) is 16.9. The number of rotatable bonds is 0. The maximum absolute atomic E-state index is 13.5. The highest BCUT2D eigenvalue weighted by molar-refractivity contribution is 6.08. The Morgan fingerprint density at radius 2 is 1.96 bits per heavy atom. The predicted molar refractivity (Wildman–Crippen MR) is 106 cm³/mol. The Labute approximate surface area is 161 Å². The first-order chi connectivity index (χ1) is 12.9. The van der Waals surface area contributed by atoms with Gasteiger partial charge >= 0.3 is 0 Å². The van der Waals surface area contributed by atoms with E-state index in [-0.39, 0.29) is 11.3 Å². The Morgan fingerprint density at radius 3 is 2.59 bits per heavy atom. The summed E-state index contributed by atoms with van der Waals surface area (Å²) in [6.45, 7) is 2.31. The van der Waals surface area contributed by atoms with Gasteiger partial charge in [0.15, 0.2) is 11.5 Å². The number of hydrogen-bond acceptors (Lipinski definition) is 3. The van der Waals surface area contributed by atoms with Crippen LogP contribution >= 0.6 is 0 Å². The second-order valence-electron chi connectivity index (χ2n) is 9.10. The van der Waals surface area contributed by atoms with E-state index in [1.54, 1.807) is 11.9 Å². The lowest BCUT2D eigenvalue weighted by Gasteiger charge is -2.44. The average Bonchev–Trinajstić information content (AvgIpc) is 3.42. The maximum Gasteiger partial charge on any atom is 0.262 e. The lowest BCUT2D eigenvalue weighted by atomic mass is 9.60. The minimum Gasteiger partial charge on any atom is -0.369 e. The molecule has 0 aromatic heterocycles. The summed E-state index contributed by atoms with van der Waals surface area (Å²) < 4.78 is 0. The summed E-state index contributed by atoms with van der Waals surface area (Å²) in [7, 11) is 1.75. The first-order valence-corrected chi connectivity index (χ1v) is 10.2. The molecular weight excluding hydrogens is 334 g/mol. The van der Waals surface area contributed by atoms with Crippen molar-refractivity contribution in [3.05, 3.63) is 34.9 Å². The summed E-state index contributed by atoms with van der Waals surface area (Å²) in [5.41, 5.74) is 8.48. The Morgan fingerprint density at radius 1 is 1.22 bits per heavy atom. The van der Waals surface area contributed by atoms with E-state index in [0.717, 1.165) is 43.2 Å². The Bertz CT molecular complexity index is 909. The largest absolute Gasteiger partial charge is 0.369 e. The molecule has 1 heterocycles. The van der Waals surface area contributed by atoms with Crippen molar-refractivity contribution in [3.8, 4) is 11.8 Å². The van der Waals surface area contributed by atoms with Gasteiger partial charge in [0, 0.05) is 23.9 Å². The van der Waals surface area contributed by atoms with Crippen LogP contribution < -0.4 is 5.73 Å². The number of guanidine groups is 1. The maximum atomic E-state index is 13.5. The molecule has 1 aromatic rings. The van der Waals surface area contributed by atoms with Crippen molar-refractivity contribution in [1.29, 1.82) is 0 Å². The van der Waals surface area contributed by atoms with E-state index in [1.165, 1.54) is 18.4 Å². The van der Waals surface area contributed by atoms with Gasteiger partial charge in [0.05, 0.1) is 0 Å². The fourth-order valence-electron chi connectivity index (χ4n) is 5.35. The smallest absolute Gasteiger partial charge is 0.262 e. The van der Waals surface area contributed by atoms with Crippen LogP contribution in [0.15, 0.2) is 23.2 Å². The van der Waals surface area contributed by atoms with Crippen LogP contribution in [0.25, 0.3) is 0 Å². The van der Waals surface area contributed by atoms with Crippen LogP contribution in [0.3, 0.4) is 0 Å². The summed E-state index contributed by atoms with van der Waals surface area (Å²) in [6, 6.07) is 6.42. The van der Waals surface area contributed by atoms with Crippen molar-refractivity contribution in [2.75, 3.05) is 7.05 Å². The average molecular weight is 361 g/mol. The fourth-order valence-corrected chi connectivity index (χ4v) is 5.35. The molecule has 4 aliphatic rings. The molecule has 27 heavy (non-hydrogen) atoms. The second kappa shape index (κ2) is 5.61. The van der Waals surface area contributed by atoms with E-state index in [4.69, 9.17) is 10.7 Å². The molecule has 2 N–H and O–H groups in total. The normalized spacial score (nSPS) is 34.6. The minimum atomic E-state index is -0.849. The number of hydrogen-bond donors (Lipinski definition) is 1. The number of benzene rings is 1. The van der Waals surface area contributed by atoms with Gasteiger partial charge in [-0.3, -0.25) is 9.69 Å². The monoisotopic (exact) mass is 361 g/mol. The van der Waals surface area contributed by atoms with Gasteiger partial charge in [0.1, 0.15) is 0 Å². The summed E-state index contributed by atoms with van der Waals surface area (Å²) >= 11 is 0. The molecule has 5 rings (SSSR count). The number of fused-ring (bicyclic) bond motifs is 3. The van der Waals surface area contributed by atoms with Crippen LogP contribution in [0.4, 0.5) is 0 Å². The van der Waals surface area contributed by atoms with Crippen LogP contribution in [-0.4, -0.2) is 23.8 Å². The zero-order valence-corrected chi connectivity index (χ0v) is 16.2. The van der Waals surface area contributed by atoms with E-state index < -0.39 is 5.54 Å². The third-order valence-electron chi connectivity index (χ3n) is 7.27. The van der Waals surface area contributed by atoms with Gasteiger partial charge in [-0.1, -0.05) is 37.7 Å². The molecule has 0 radical (unpaired) electrons. The fraction of sp³-hybridized carbons (Fsp3) is 0.565. The van der Waals surface area contributed by atoms with Crippen LogP contribution in [0, 0.1) is 29.1 Å². The van der Waals surface area contributed by atoms with Gasteiger partial charge in [-0.05, 0) is 61.3 Å². The van der Waals surface area contributed by atoms with Gasteiger partial charge < -0.3 is 5.73 Å². The molecule has 2 saturated carbocycles. The molecule has 0 unspecified atom stereocenters. The second-order valence-corrected chi connectivity index (χ2v) is 9.10. The third kappa shape index (κ3) is 2.30. The molecule has 2 fully saturated rings. The number of nitrogens with zero attached hydrogens (tertiary/aromatic N) is 2. The van der Waals surface area contributed by atoms with Gasteiger partial charge in [-0.25, -0.2) is 4.99 Å². The van der Waals surface area contributed by atoms with Crippen molar-refractivity contribution in [2.45, 2.75) is 57.4 Å². The molecular formula is C23H27N3O. The molecule has 1 aliphatic heterocycles. The summed E-state index contributed by atoms with van der Waals surface area (Å²) in [5.74, 6) is 8.33. The standard InChI is InChI=1S/C23H27N3O/c1-15-9-11-22(12-10-15)14-18-8-7-17(6-5-16-3-4-16)13-19(18)23(22)20(27)26(2)21(24)25-23/h7-8,13,15-16H,3-4,9-12,14H2,1-2H3,(H2,24,25)/t15?,22?,23-/m0/s1. The SMILES string of the molecule is CC1CCC2(CC1)Cc1ccc(C#CC3CC3)cc1[C@@]21N=C(N)N(C)C1=O. The molecule has 4 nitrogen and oxygen atoms in total. The quantitative estimate of drug-likeness (QED) is 0.722. The number of carbonyl (C=O) groups excluding carboxylic acids is 1. The van der Waals surface area contributed by atoms with Crippen LogP contribution in [0.5, 0.6) is 0 Å². The summed E-state index contributed by atoms with van der Waals surface area (Å²) in [4.78, 5) is 20.0. The van der Waals surface area contributed by atoms with Crippen molar-refractivity contribution in [2.24, 2.45) is 28.0 Å². The van der Waals surface area contributed by atoms with Gasteiger partial charge in [-0.15, -0.1) is 0 Å². The van der Waals surface area contributed by atoms with Crippen molar-refractivity contribution < 1.29 is 4.79 Å². The van der Waals surface area contributed by atoms with Gasteiger partial charge in [-0.2, -0.15) is 0 Å². The summed E-state index contributed by atoms with van der Waals surface area (Å²) in [6.07, 6.45) is 7.71. The van der Waals surface area contributed by atoms with Crippen molar-refractivity contribution in [3.63, 3.8) is 0 Å². The zero-order chi connectivity index (χ0) is 18.8. The predicted octanol–water partition coefficient (Wildman–Crippen LogP) is 3.18. The highest BCUT2D eigenvalue weighted by atomic mass is 16.2. The van der Waals surface area contributed by atoms with Crippen LogP contribution in [0.2, 0.25) is 0 Å². The highest BCUT2D eigenvalue weighted by Gasteiger charge is 2.66. The number of likely N-dealkylation sites (N-methyl/N-ethyl adjacent to an activating group) is 1. The number of aliphatic imine (C=N–C) groups is 1. The summed E-state index contributed by atoms with van der Waals surface area (Å²) in [5, 5.41) is 0. The minimum absolute atomic E-state index is 0.0422. The molecule has 1 amide bonds. The molecule has 3 aliphatic carbocycles. The number of nitrogens with two attached hydrogens (primary N) is 1. The molecule has 4 heteroatoms. The molecule has 140 valence electrons. The topological polar surface area (TPSA) is 58.7 Å². The van der Waals surface area contributed by atoms with Crippen molar-refractivity contribution in [1.82, 2.24) is 4.90 Å². The van der Waals surface area contributed by atoms with E-state index in [9.17, 15) is 4.79 Å². The van der Waals surface area contributed by atoms with Crippen LogP contribution in [0.1, 0.15) is 62.1 Å². The van der Waals surface area contributed by atoms with Gasteiger partial charge in [0.2, 0.25) is 0 Å². The molecule has 0 saturated heterocycles. The zero-order valence-electron chi connectivity index (χ0n) is 16.2. The molecule has 1 aromatic carbocycles. The van der Waals surface area contributed by atoms with E-state index >= 15 is 0 Å². The Kier molecular flexibility index (Phi) is 3.50. The first-order valence-electron chi connectivity index (χ1n) is 10.2. The van der Waals surface area contributed by atoms with E-state index in [2.05, 4.69) is 37.0 Å². The van der Waals surface area contributed by atoms with Gasteiger partial charge in [0.25, 0.3) is 5.91 Å². The highest BCUT2D eigenvalue weighted by Crippen LogP contribution is 2.62. The number of amides is 1. The Balaban J connectivity index is 1.66. The van der Waals surface area contributed by atoms with Crippen molar-refractivity contribution >= 4 is 11.9 Å². The third-order valence-corrected chi connectivity index (χ3v) is 7.27. The van der Waals surface area contributed by atoms with Crippen LogP contribution in [-0.2, 0) is 16.8 Å². The number of carbonyl (C=O) groups is 1. The lowest BCUT2D eigenvalue weighted by molar-refractivity contribution is -0.136. The molecule has 1 atom stereocenters. The Hall–Kier alpha value is -2.28. The molecule has 0 bridgehead atoms. The van der Waals surface area contributed by atoms with E-state index in [1.807, 2.05) is 0 Å². The van der Waals surface area contributed by atoms with E-state index in [0.29, 0.717) is 17.8 Å².